The first-order valence-corrected chi connectivity index (χ1v) is 5.72. The summed E-state index contributed by atoms with van der Waals surface area (Å²) in [6, 6.07) is 0. The van der Waals surface area contributed by atoms with E-state index in [0.717, 1.165) is 6.54 Å². The van der Waals surface area contributed by atoms with Crippen LogP contribution in [0.2, 0.25) is 0 Å². The minimum Gasteiger partial charge on any atom is -0.459 e. The molecule has 1 N–H and O–H groups in total. The van der Waals surface area contributed by atoms with Gasteiger partial charge in [0.25, 0.3) is 0 Å². The highest BCUT2D eigenvalue weighted by Gasteiger charge is 2.38. The lowest BCUT2D eigenvalue weighted by molar-refractivity contribution is -0.155. The second-order valence-electron chi connectivity index (χ2n) is 6.26. The third-order valence-electron chi connectivity index (χ3n) is 2.74. The molecule has 0 radical (unpaired) electrons. The molecular weight excluding hydrogens is 206 g/mol. The number of hydrogen-bond acceptors (Lipinski definition) is 4. The van der Waals surface area contributed by atoms with Crippen molar-refractivity contribution in [3.63, 3.8) is 0 Å². The Morgan fingerprint density at radius 3 is 2.44 bits per heavy atom. The summed E-state index contributed by atoms with van der Waals surface area (Å²) in [7, 11) is 0. The van der Waals surface area contributed by atoms with Crippen molar-refractivity contribution in [3.8, 4) is 0 Å². The van der Waals surface area contributed by atoms with E-state index < -0.39 is 5.60 Å². The highest BCUT2D eigenvalue weighted by atomic mass is 16.6. The second kappa shape index (κ2) is 4.34. The number of carbonyl (C=O) groups is 1. The van der Waals surface area contributed by atoms with Gasteiger partial charge in [-0.1, -0.05) is 13.8 Å². The van der Waals surface area contributed by atoms with Gasteiger partial charge in [-0.3, -0.25) is 9.69 Å². The number of hydrogen-bond donors (Lipinski definition) is 1. The number of ether oxygens (including phenoxy) is 1. The van der Waals surface area contributed by atoms with Crippen molar-refractivity contribution in [2.75, 3.05) is 19.6 Å². The van der Waals surface area contributed by atoms with Crippen LogP contribution in [0, 0.1) is 5.41 Å². The fraction of sp³-hybridized carbons (Fsp3) is 0.917. The molecule has 0 bridgehead atoms. The van der Waals surface area contributed by atoms with E-state index in [0.29, 0.717) is 6.54 Å². The van der Waals surface area contributed by atoms with E-state index in [9.17, 15) is 9.90 Å². The van der Waals surface area contributed by atoms with Crippen LogP contribution >= 0.6 is 0 Å². The number of likely N-dealkylation sites (tertiary alicyclic amines) is 1. The Balaban J connectivity index is 2.43. The predicted octanol–water partition coefficient (Wildman–Crippen LogP) is 1.03. The van der Waals surface area contributed by atoms with Gasteiger partial charge in [0.2, 0.25) is 0 Å². The fourth-order valence-electron chi connectivity index (χ4n) is 1.91. The molecule has 4 heteroatoms. The van der Waals surface area contributed by atoms with Gasteiger partial charge in [-0.25, -0.2) is 0 Å². The van der Waals surface area contributed by atoms with Gasteiger partial charge in [-0.15, -0.1) is 0 Å². The molecule has 0 aromatic heterocycles. The highest BCUT2D eigenvalue weighted by Crippen LogP contribution is 2.29. The SMILES string of the molecule is CC(C)(C)OC(=O)CN1C[C@@H](O)C(C)(C)C1. The van der Waals surface area contributed by atoms with E-state index in [1.54, 1.807) is 0 Å². The average Bonchev–Trinajstić information content (AvgIpc) is 2.20. The summed E-state index contributed by atoms with van der Waals surface area (Å²) in [5.41, 5.74) is -0.576. The first-order chi connectivity index (χ1) is 7.10. The maximum Gasteiger partial charge on any atom is 0.320 e. The molecule has 1 saturated heterocycles. The monoisotopic (exact) mass is 229 g/mol. The van der Waals surface area contributed by atoms with Gasteiger partial charge in [-0.05, 0) is 20.8 Å². The lowest BCUT2D eigenvalue weighted by Crippen LogP contribution is -2.34. The van der Waals surface area contributed by atoms with Crippen molar-refractivity contribution in [3.05, 3.63) is 0 Å². The van der Waals surface area contributed by atoms with Gasteiger partial charge >= 0.3 is 5.97 Å². The van der Waals surface area contributed by atoms with Crippen LogP contribution in [0.5, 0.6) is 0 Å². The van der Waals surface area contributed by atoms with Crippen LogP contribution in [0.3, 0.4) is 0 Å². The summed E-state index contributed by atoms with van der Waals surface area (Å²) in [6.07, 6.45) is -0.366. The van der Waals surface area contributed by atoms with E-state index in [2.05, 4.69) is 0 Å². The molecule has 0 aliphatic carbocycles. The third kappa shape index (κ3) is 3.76. The average molecular weight is 229 g/mol. The van der Waals surface area contributed by atoms with Gasteiger partial charge in [0.05, 0.1) is 12.6 Å². The second-order valence-corrected chi connectivity index (χ2v) is 6.26. The fourth-order valence-corrected chi connectivity index (χ4v) is 1.91. The molecule has 0 amide bonds. The van der Waals surface area contributed by atoms with Crippen LogP contribution in [0.15, 0.2) is 0 Å². The normalized spacial score (nSPS) is 25.8. The zero-order valence-corrected chi connectivity index (χ0v) is 10.9. The zero-order valence-electron chi connectivity index (χ0n) is 10.9. The topological polar surface area (TPSA) is 49.8 Å². The highest BCUT2D eigenvalue weighted by molar-refractivity contribution is 5.72. The molecule has 1 rings (SSSR count). The Bertz CT molecular complexity index is 268. The van der Waals surface area contributed by atoms with Gasteiger partial charge in [0.15, 0.2) is 0 Å². The number of aliphatic hydroxyl groups is 1. The molecule has 4 nitrogen and oxygen atoms in total. The summed E-state index contributed by atoms with van der Waals surface area (Å²) >= 11 is 0. The Morgan fingerprint density at radius 1 is 1.50 bits per heavy atom. The number of β-amino-alcohol motifs (C(OH)–C–C–N with tert-alkyl or cyclic N) is 1. The van der Waals surface area contributed by atoms with Gasteiger partial charge < -0.3 is 9.84 Å². The molecule has 16 heavy (non-hydrogen) atoms. The lowest BCUT2D eigenvalue weighted by atomic mass is 9.90. The van der Waals surface area contributed by atoms with E-state index in [1.165, 1.54) is 0 Å². The molecule has 1 heterocycles. The smallest absolute Gasteiger partial charge is 0.320 e. The van der Waals surface area contributed by atoms with Gasteiger partial charge in [0, 0.05) is 18.5 Å². The van der Waals surface area contributed by atoms with E-state index in [1.807, 2.05) is 39.5 Å². The molecule has 1 aliphatic heterocycles. The van der Waals surface area contributed by atoms with Crippen LogP contribution in [0.1, 0.15) is 34.6 Å². The molecule has 0 aromatic rings. The molecule has 0 spiro atoms. The van der Waals surface area contributed by atoms with Crippen LogP contribution in [-0.2, 0) is 9.53 Å². The number of aliphatic hydroxyl groups excluding tert-OH is 1. The summed E-state index contributed by atoms with van der Waals surface area (Å²) in [5.74, 6) is -0.225. The van der Waals surface area contributed by atoms with Crippen molar-refractivity contribution < 1.29 is 14.6 Å². The standard InChI is InChI=1S/C12H23NO3/c1-11(2,3)16-10(15)7-13-6-9(14)12(4,5)8-13/h9,14H,6-8H2,1-5H3/t9-/m1/s1. The molecule has 0 unspecified atom stereocenters. The number of rotatable bonds is 2. The van der Waals surface area contributed by atoms with Crippen molar-refractivity contribution in [1.29, 1.82) is 0 Å². The number of nitrogens with zero attached hydrogens (tertiary/aromatic N) is 1. The molecule has 1 aliphatic rings. The quantitative estimate of drug-likeness (QED) is 0.719. The molecular formula is C12H23NO3. The zero-order chi connectivity index (χ0) is 12.6. The van der Waals surface area contributed by atoms with Crippen molar-refractivity contribution in [2.45, 2.75) is 46.3 Å². The first kappa shape index (κ1) is 13.5. The summed E-state index contributed by atoms with van der Waals surface area (Å²) in [4.78, 5) is 13.5. The van der Waals surface area contributed by atoms with Crippen LogP contribution in [0.25, 0.3) is 0 Å². The molecule has 1 atom stereocenters. The Hall–Kier alpha value is -0.610. The van der Waals surface area contributed by atoms with Crippen molar-refractivity contribution in [1.82, 2.24) is 4.90 Å². The molecule has 0 saturated carbocycles. The van der Waals surface area contributed by atoms with Crippen LogP contribution < -0.4 is 0 Å². The van der Waals surface area contributed by atoms with E-state index in [4.69, 9.17) is 4.74 Å². The predicted molar refractivity (Wildman–Crippen MR) is 62.1 cm³/mol. The summed E-state index contributed by atoms with van der Waals surface area (Å²) in [6.45, 7) is 11.1. The maximum absolute atomic E-state index is 11.6. The van der Waals surface area contributed by atoms with Gasteiger partial charge in [0.1, 0.15) is 5.60 Å². The largest absolute Gasteiger partial charge is 0.459 e. The molecule has 1 fully saturated rings. The third-order valence-corrected chi connectivity index (χ3v) is 2.74. The minimum absolute atomic E-state index is 0.137. The van der Waals surface area contributed by atoms with Crippen LogP contribution in [0.4, 0.5) is 0 Å². The first-order valence-electron chi connectivity index (χ1n) is 5.72. The Labute approximate surface area is 97.6 Å². The minimum atomic E-state index is -0.440. The summed E-state index contributed by atoms with van der Waals surface area (Å²) < 4.78 is 5.24. The Kier molecular flexibility index (Phi) is 3.65. The maximum atomic E-state index is 11.6. The van der Waals surface area contributed by atoms with Crippen LogP contribution in [-0.4, -0.2) is 47.3 Å². The van der Waals surface area contributed by atoms with Crippen molar-refractivity contribution in [2.24, 2.45) is 5.41 Å². The molecule has 0 aromatic carbocycles. The number of esters is 1. The lowest BCUT2D eigenvalue weighted by Gasteiger charge is -2.23. The van der Waals surface area contributed by atoms with E-state index in [-0.39, 0.29) is 24.0 Å². The van der Waals surface area contributed by atoms with E-state index >= 15 is 0 Å². The number of carbonyl (C=O) groups excluding carboxylic acids is 1. The van der Waals surface area contributed by atoms with Crippen molar-refractivity contribution >= 4 is 5.97 Å². The van der Waals surface area contributed by atoms with Gasteiger partial charge in [-0.2, -0.15) is 0 Å². The Morgan fingerprint density at radius 2 is 2.06 bits per heavy atom. The summed E-state index contributed by atoms with van der Waals surface area (Å²) in [5, 5.41) is 9.78. The molecule has 94 valence electrons.